The van der Waals surface area contributed by atoms with Gasteiger partial charge in [-0.2, -0.15) is 0 Å². The van der Waals surface area contributed by atoms with Crippen molar-refractivity contribution in [2.24, 2.45) is 5.73 Å². The summed E-state index contributed by atoms with van der Waals surface area (Å²) in [5.41, 5.74) is 6.46. The molecule has 1 amide bonds. The van der Waals surface area contributed by atoms with E-state index in [-0.39, 0.29) is 28.8 Å². The third kappa shape index (κ3) is 3.44. The maximum atomic E-state index is 12.6. The number of nitrogens with one attached hydrogen (secondary N) is 2. The van der Waals surface area contributed by atoms with Gasteiger partial charge in [-0.3, -0.25) is 9.59 Å². The van der Waals surface area contributed by atoms with E-state index >= 15 is 0 Å². The number of nitrogens with two attached hydrogens (primary N) is 1. The predicted octanol–water partition coefficient (Wildman–Crippen LogP) is 0.159. The molecule has 2 fully saturated rings. The summed E-state index contributed by atoms with van der Waals surface area (Å²) in [6.07, 6.45) is 5.14. The third-order valence-electron chi connectivity index (χ3n) is 4.56. The van der Waals surface area contributed by atoms with Crippen LogP contribution in [0.1, 0.15) is 43.1 Å². The van der Waals surface area contributed by atoms with E-state index in [1.54, 1.807) is 4.90 Å². The minimum Gasteiger partial charge on any atom is -0.404 e. The summed E-state index contributed by atoms with van der Waals surface area (Å²) in [6, 6.07) is 1.54. The van der Waals surface area contributed by atoms with Gasteiger partial charge < -0.3 is 20.9 Å². The van der Waals surface area contributed by atoms with Crippen molar-refractivity contribution in [3.05, 3.63) is 34.1 Å². The lowest BCUT2D eigenvalue weighted by Crippen LogP contribution is -2.31. The number of aromatic nitrogens is 2. The Morgan fingerprint density at radius 2 is 2.00 bits per heavy atom. The first-order chi connectivity index (χ1) is 11.2. The van der Waals surface area contributed by atoms with Crippen molar-refractivity contribution < 1.29 is 4.79 Å². The molecule has 124 valence electrons. The van der Waals surface area contributed by atoms with Gasteiger partial charge in [-0.25, -0.2) is 4.98 Å². The number of hydrogen-bond donors (Lipinski definition) is 3. The van der Waals surface area contributed by atoms with Gasteiger partial charge in [0, 0.05) is 31.3 Å². The Bertz CT molecular complexity index is 655. The monoisotopic (exact) mass is 317 g/mol. The van der Waals surface area contributed by atoms with Crippen LogP contribution in [0.4, 0.5) is 0 Å². The van der Waals surface area contributed by atoms with Crippen LogP contribution in [0.2, 0.25) is 0 Å². The Balaban J connectivity index is 1.89. The van der Waals surface area contributed by atoms with E-state index in [9.17, 15) is 9.59 Å². The van der Waals surface area contributed by atoms with Crippen LogP contribution in [0, 0.1) is 0 Å². The molecular formula is C16H23N5O2. The van der Waals surface area contributed by atoms with E-state index < -0.39 is 0 Å². The van der Waals surface area contributed by atoms with E-state index in [0.717, 1.165) is 57.6 Å². The smallest absolute Gasteiger partial charge is 0.259 e. The molecule has 4 N–H and O–H groups in total. The summed E-state index contributed by atoms with van der Waals surface area (Å²) in [4.78, 5) is 33.6. The first kappa shape index (κ1) is 15.7. The van der Waals surface area contributed by atoms with Crippen LogP contribution in [0.25, 0.3) is 5.57 Å². The number of amides is 1. The average molecular weight is 317 g/mol. The molecule has 1 aromatic rings. The number of likely N-dealkylation sites (tertiary alicyclic amines) is 1. The van der Waals surface area contributed by atoms with Crippen molar-refractivity contribution in [1.29, 1.82) is 0 Å². The summed E-state index contributed by atoms with van der Waals surface area (Å²) in [5, 5.41) is 3.30. The number of rotatable bonds is 3. The summed E-state index contributed by atoms with van der Waals surface area (Å²) in [7, 11) is 0. The molecule has 0 saturated carbocycles. The van der Waals surface area contributed by atoms with Crippen LogP contribution >= 0.6 is 0 Å². The SMILES string of the molecule is NC=C(C(=O)N1CCCC1)c1nc(C2CCNCC2)cc(=O)[nH]1. The zero-order valence-corrected chi connectivity index (χ0v) is 13.2. The summed E-state index contributed by atoms with van der Waals surface area (Å²) >= 11 is 0. The largest absolute Gasteiger partial charge is 0.404 e. The summed E-state index contributed by atoms with van der Waals surface area (Å²) in [6.45, 7) is 3.30. The van der Waals surface area contributed by atoms with Crippen LogP contribution in [0.5, 0.6) is 0 Å². The third-order valence-corrected chi connectivity index (χ3v) is 4.56. The molecule has 0 atom stereocenters. The van der Waals surface area contributed by atoms with Crippen molar-refractivity contribution in [3.8, 4) is 0 Å². The summed E-state index contributed by atoms with van der Waals surface area (Å²) in [5.74, 6) is 0.374. The zero-order valence-electron chi connectivity index (χ0n) is 13.2. The van der Waals surface area contributed by atoms with E-state index in [4.69, 9.17) is 5.73 Å². The Morgan fingerprint density at radius 3 is 2.65 bits per heavy atom. The molecule has 1 aromatic heterocycles. The highest BCUT2D eigenvalue weighted by molar-refractivity contribution is 6.18. The van der Waals surface area contributed by atoms with Crippen LogP contribution in [-0.4, -0.2) is 47.0 Å². The number of carbonyl (C=O) groups is 1. The number of nitrogens with zero attached hydrogens (tertiary/aromatic N) is 2. The van der Waals surface area contributed by atoms with Crippen molar-refractivity contribution in [1.82, 2.24) is 20.2 Å². The molecular weight excluding hydrogens is 294 g/mol. The maximum absolute atomic E-state index is 12.6. The molecule has 0 unspecified atom stereocenters. The van der Waals surface area contributed by atoms with Crippen molar-refractivity contribution in [3.63, 3.8) is 0 Å². The lowest BCUT2D eigenvalue weighted by atomic mass is 9.94. The number of hydrogen-bond acceptors (Lipinski definition) is 5. The highest BCUT2D eigenvalue weighted by atomic mass is 16.2. The second kappa shape index (κ2) is 6.95. The topological polar surface area (TPSA) is 104 Å². The molecule has 0 spiro atoms. The van der Waals surface area contributed by atoms with Crippen LogP contribution < -0.4 is 16.6 Å². The molecule has 0 aliphatic carbocycles. The van der Waals surface area contributed by atoms with Gasteiger partial charge in [-0.15, -0.1) is 0 Å². The van der Waals surface area contributed by atoms with Crippen molar-refractivity contribution in [2.45, 2.75) is 31.6 Å². The van der Waals surface area contributed by atoms with Gasteiger partial charge in [-0.05, 0) is 38.8 Å². The number of H-pyrrole nitrogens is 1. The molecule has 2 aliphatic heterocycles. The van der Waals surface area contributed by atoms with Gasteiger partial charge in [0.1, 0.15) is 5.82 Å². The maximum Gasteiger partial charge on any atom is 0.259 e. The molecule has 7 heteroatoms. The quantitative estimate of drug-likeness (QED) is 0.689. The van der Waals surface area contributed by atoms with Gasteiger partial charge >= 0.3 is 0 Å². The Labute approximate surface area is 135 Å². The molecule has 0 aromatic carbocycles. The fourth-order valence-electron chi connectivity index (χ4n) is 3.27. The van der Waals surface area contributed by atoms with Gasteiger partial charge in [-0.1, -0.05) is 0 Å². The van der Waals surface area contributed by atoms with Crippen LogP contribution in [0.15, 0.2) is 17.1 Å². The Morgan fingerprint density at radius 1 is 1.30 bits per heavy atom. The van der Waals surface area contributed by atoms with E-state index in [2.05, 4.69) is 15.3 Å². The molecule has 2 saturated heterocycles. The molecule has 7 nitrogen and oxygen atoms in total. The van der Waals surface area contributed by atoms with Crippen molar-refractivity contribution >= 4 is 11.5 Å². The average Bonchev–Trinajstić information content (AvgIpc) is 3.10. The molecule has 3 heterocycles. The predicted molar refractivity (Wildman–Crippen MR) is 87.7 cm³/mol. The Kier molecular flexibility index (Phi) is 4.76. The molecule has 0 radical (unpaired) electrons. The van der Waals surface area contributed by atoms with Gasteiger partial charge in [0.05, 0.1) is 11.3 Å². The second-order valence-corrected chi connectivity index (χ2v) is 6.12. The zero-order chi connectivity index (χ0) is 16.2. The van der Waals surface area contributed by atoms with E-state index in [0.29, 0.717) is 0 Å². The van der Waals surface area contributed by atoms with Gasteiger partial charge in [0.2, 0.25) is 0 Å². The normalized spacial score (nSPS) is 20.0. The standard InChI is InChI=1S/C16H23N5O2/c17-10-12(16(23)21-7-1-2-8-21)15-19-13(9-14(22)20-15)11-3-5-18-6-4-11/h9-11,18H,1-8,17H2,(H,19,20,22). The molecule has 23 heavy (non-hydrogen) atoms. The van der Waals surface area contributed by atoms with Crippen LogP contribution in [0.3, 0.4) is 0 Å². The molecule has 0 bridgehead atoms. The van der Waals surface area contributed by atoms with E-state index in [1.165, 1.54) is 12.3 Å². The molecule has 2 aliphatic rings. The second-order valence-electron chi connectivity index (χ2n) is 6.12. The fourth-order valence-corrected chi connectivity index (χ4v) is 3.27. The number of piperidine rings is 1. The first-order valence-electron chi connectivity index (χ1n) is 8.22. The minimum atomic E-state index is -0.239. The first-order valence-corrected chi connectivity index (χ1v) is 8.22. The van der Waals surface area contributed by atoms with Gasteiger partial charge in [0.25, 0.3) is 11.5 Å². The highest BCUT2D eigenvalue weighted by Gasteiger charge is 2.25. The number of aromatic amines is 1. The lowest BCUT2D eigenvalue weighted by molar-refractivity contribution is -0.124. The van der Waals surface area contributed by atoms with Crippen molar-refractivity contribution in [2.75, 3.05) is 26.2 Å². The summed E-state index contributed by atoms with van der Waals surface area (Å²) < 4.78 is 0. The Hall–Kier alpha value is -2.15. The van der Waals surface area contributed by atoms with E-state index in [1.807, 2.05) is 0 Å². The highest BCUT2D eigenvalue weighted by Crippen LogP contribution is 2.24. The number of carbonyl (C=O) groups excluding carboxylic acids is 1. The van der Waals surface area contributed by atoms with Crippen LogP contribution in [-0.2, 0) is 4.79 Å². The minimum absolute atomic E-state index is 0.157. The van der Waals surface area contributed by atoms with Gasteiger partial charge in [0.15, 0.2) is 0 Å². The molecule has 3 rings (SSSR count). The fraction of sp³-hybridized carbons (Fsp3) is 0.562. The lowest BCUT2D eigenvalue weighted by Gasteiger charge is -2.22.